The molecule has 74 valence electrons. The molecule has 1 aliphatic heterocycles. The second-order valence-electron chi connectivity index (χ2n) is 3.83. The zero-order valence-electron chi connectivity index (χ0n) is 8.42. The van der Waals surface area contributed by atoms with Crippen molar-refractivity contribution in [2.45, 2.75) is 38.9 Å². The van der Waals surface area contributed by atoms with Gasteiger partial charge < -0.3 is 10.1 Å². The van der Waals surface area contributed by atoms with E-state index < -0.39 is 0 Å². The van der Waals surface area contributed by atoms with Crippen LogP contribution < -0.4 is 5.32 Å². The summed E-state index contributed by atoms with van der Waals surface area (Å²) in [5.41, 5.74) is 0. The smallest absolute Gasteiger partial charge is 0.0704 e. The molecule has 3 unspecified atom stereocenters. The number of hydrogen-bond acceptors (Lipinski definition) is 3. The minimum atomic E-state index is 0.0961. The maximum Gasteiger partial charge on any atom is 0.0704 e. The molecule has 1 heterocycles. The first kappa shape index (κ1) is 10.5. The average Bonchev–Trinajstić information content (AvgIpc) is 2.51. The van der Waals surface area contributed by atoms with Crippen molar-refractivity contribution in [3.8, 4) is 6.07 Å². The van der Waals surface area contributed by atoms with E-state index in [0.29, 0.717) is 12.2 Å². The molecule has 13 heavy (non-hydrogen) atoms. The van der Waals surface area contributed by atoms with Gasteiger partial charge in [-0.05, 0) is 26.7 Å². The summed E-state index contributed by atoms with van der Waals surface area (Å²) in [7, 11) is 0. The fraction of sp³-hybridized carbons (Fsp3) is 0.900. The van der Waals surface area contributed by atoms with E-state index in [1.807, 2.05) is 6.92 Å². The van der Waals surface area contributed by atoms with Crippen LogP contribution in [0.4, 0.5) is 0 Å². The molecule has 1 N–H and O–H groups in total. The van der Waals surface area contributed by atoms with Crippen molar-refractivity contribution in [3.05, 3.63) is 0 Å². The van der Waals surface area contributed by atoms with Crippen LogP contribution in [0.5, 0.6) is 0 Å². The molecule has 1 aliphatic rings. The maximum absolute atomic E-state index is 8.55. The van der Waals surface area contributed by atoms with E-state index in [4.69, 9.17) is 10.00 Å². The lowest BCUT2D eigenvalue weighted by Gasteiger charge is -2.12. The molecule has 0 spiro atoms. The van der Waals surface area contributed by atoms with Crippen molar-refractivity contribution < 1.29 is 4.74 Å². The van der Waals surface area contributed by atoms with Gasteiger partial charge in [-0.1, -0.05) is 0 Å². The average molecular weight is 182 g/mol. The molecule has 1 saturated heterocycles. The normalized spacial score (nSPS) is 29.9. The summed E-state index contributed by atoms with van der Waals surface area (Å²) in [5, 5.41) is 11.8. The lowest BCUT2D eigenvalue weighted by atomic mass is 10.2. The van der Waals surface area contributed by atoms with Crippen molar-refractivity contribution in [2.75, 3.05) is 13.1 Å². The Morgan fingerprint density at radius 3 is 2.92 bits per heavy atom. The van der Waals surface area contributed by atoms with Crippen LogP contribution in [0.25, 0.3) is 0 Å². The SMILES string of the molecule is CC(C#N)CNCC1CCC(C)O1. The van der Waals surface area contributed by atoms with Gasteiger partial charge in [-0.2, -0.15) is 5.26 Å². The maximum atomic E-state index is 8.55. The zero-order chi connectivity index (χ0) is 9.68. The van der Waals surface area contributed by atoms with Gasteiger partial charge in [-0.3, -0.25) is 0 Å². The van der Waals surface area contributed by atoms with Crippen LogP contribution in [0.1, 0.15) is 26.7 Å². The Bertz CT molecular complexity index is 188. The molecule has 0 aromatic rings. The standard InChI is InChI=1S/C10H18N2O/c1-8(5-11)6-12-7-10-4-3-9(2)13-10/h8-10,12H,3-4,6-7H2,1-2H3. The van der Waals surface area contributed by atoms with Crippen LogP contribution in [0, 0.1) is 17.2 Å². The van der Waals surface area contributed by atoms with Gasteiger partial charge in [-0.25, -0.2) is 0 Å². The number of nitrogens with zero attached hydrogens (tertiary/aromatic N) is 1. The van der Waals surface area contributed by atoms with E-state index >= 15 is 0 Å². The molecular weight excluding hydrogens is 164 g/mol. The molecule has 1 rings (SSSR count). The van der Waals surface area contributed by atoms with Crippen molar-refractivity contribution in [3.63, 3.8) is 0 Å². The predicted octanol–water partition coefficient (Wildman–Crippen LogP) is 1.30. The number of hydrogen-bond donors (Lipinski definition) is 1. The molecule has 0 radical (unpaired) electrons. The van der Waals surface area contributed by atoms with Crippen LogP contribution in [0.3, 0.4) is 0 Å². The van der Waals surface area contributed by atoms with E-state index in [0.717, 1.165) is 19.5 Å². The van der Waals surface area contributed by atoms with Gasteiger partial charge in [0, 0.05) is 13.1 Å². The Hall–Kier alpha value is -0.590. The highest BCUT2D eigenvalue weighted by Gasteiger charge is 2.20. The Balaban J connectivity index is 2.04. The number of ether oxygens (including phenoxy) is 1. The largest absolute Gasteiger partial charge is 0.374 e. The first-order valence-electron chi connectivity index (χ1n) is 4.98. The quantitative estimate of drug-likeness (QED) is 0.713. The molecule has 0 amide bonds. The van der Waals surface area contributed by atoms with Crippen molar-refractivity contribution in [1.29, 1.82) is 5.26 Å². The van der Waals surface area contributed by atoms with Gasteiger partial charge in [0.1, 0.15) is 0 Å². The third-order valence-electron chi connectivity index (χ3n) is 2.36. The lowest BCUT2D eigenvalue weighted by Crippen LogP contribution is -2.29. The first-order chi connectivity index (χ1) is 6.22. The van der Waals surface area contributed by atoms with Gasteiger partial charge >= 0.3 is 0 Å². The first-order valence-corrected chi connectivity index (χ1v) is 4.98. The van der Waals surface area contributed by atoms with Crippen LogP contribution in [-0.2, 0) is 4.74 Å². The van der Waals surface area contributed by atoms with Crippen LogP contribution in [0.15, 0.2) is 0 Å². The second-order valence-corrected chi connectivity index (χ2v) is 3.83. The molecule has 3 nitrogen and oxygen atoms in total. The molecule has 0 bridgehead atoms. The van der Waals surface area contributed by atoms with E-state index in [1.54, 1.807) is 0 Å². The van der Waals surface area contributed by atoms with Crippen molar-refractivity contribution in [1.82, 2.24) is 5.32 Å². The Labute approximate surface area is 80.1 Å². The summed E-state index contributed by atoms with van der Waals surface area (Å²) >= 11 is 0. The molecule has 3 atom stereocenters. The number of nitriles is 1. The minimum Gasteiger partial charge on any atom is -0.374 e. The molecule has 0 aliphatic carbocycles. The summed E-state index contributed by atoms with van der Waals surface area (Å²) in [6.45, 7) is 5.68. The molecule has 1 fully saturated rings. The van der Waals surface area contributed by atoms with E-state index in [2.05, 4.69) is 18.3 Å². The molecule has 0 aromatic carbocycles. The minimum absolute atomic E-state index is 0.0961. The van der Waals surface area contributed by atoms with Gasteiger partial charge in [0.05, 0.1) is 24.2 Å². The monoisotopic (exact) mass is 182 g/mol. The van der Waals surface area contributed by atoms with Crippen LogP contribution >= 0.6 is 0 Å². The highest BCUT2D eigenvalue weighted by atomic mass is 16.5. The summed E-state index contributed by atoms with van der Waals surface area (Å²) in [5.74, 6) is 0.0961. The van der Waals surface area contributed by atoms with Gasteiger partial charge in [0.25, 0.3) is 0 Å². The summed E-state index contributed by atoms with van der Waals surface area (Å²) in [6.07, 6.45) is 3.09. The Morgan fingerprint density at radius 1 is 1.62 bits per heavy atom. The van der Waals surface area contributed by atoms with E-state index in [-0.39, 0.29) is 5.92 Å². The van der Waals surface area contributed by atoms with Crippen molar-refractivity contribution >= 4 is 0 Å². The zero-order valence-corrected chi connectivity index (χ0v) is 8.42. The number of rotatable bonds is 4. The Kier molecular flexibility index (Phi) is 4.20. The third-order valence-corrected chi connectivity index (χ3v) is 2.36. The predicted molar refractivity (Wildman–Crippen MR) is 51.2 cm³/mol. The van der Waals surface area contributed by atoms with Crippen LogP contribution in [-0.4, -0.2) is 25.3 Å². The molecule has 0 aromatic heterocycles. The topological polar surface area (TPSA) is 45.0 Å². The van der Waals surface area contributed by atoms with Gasteiger partial charge in [0.15, 0.2) is 0 Å². The summed E-state index contributed by atoms with van der Waals surface area (Å²) in [6, 6.07) is 2.20. The molecule has 0 saturated carbocycles. The number of nitrogens with one attached hydrogen (secondary N) is 1. The van der Waals surface area contributed by atoms with Crippen LogP contribution in [0.2, 0.25) is 0 Å². The van der Waals surface area contributed by atoms with E-state index in [1.165, 1.54) is 6.42 Å². The van der Waals surface area contributed by atoms with Crippen molar-refractivity contribution in [2.24, 2.45) is 5.92 Å². The fourth-order valence-corrected chi connectivity index (χ4v) is 1.54. The second kappa shape index (κ2) is 5.21. The fourth-order valence-electron chi connectivity index (χ4n) is 1.54. The summed E-state index contributed by atoms with van der Waals surface area (Å²) < 4.78 is 5.63. The van der Waals surface area contributed by atoms with Gasteiger partial charge in [0.2, 0.25) is 0 Å². The highest BCUT2D eigenvalue weighted by Crippen LogP contribution is 2.17. The Morgan fingerprint density at radius 2 is 2.38 bits per heavy atom. The van der Waals surface area contributed by atoms with Gasteiger partial charge in [-0.15, -0.1) is 0 Å². The third kappa shape index (κ3) is 3.75. The van der Waals surface area contributed by atoms with E-state index in [9.17, 15) is 0 Å². The highest BCUT2D eigenvalue weighted by molar-refractivity contribution is 4.81. The summed E-state index contributed by atoms with van der Waals surface area (Å²) in [4.78, 5) is 0. The molecular formula is C10H18N2O. The molecule has 3 heteroatoms. The lowest BCUT2D eigenvalue weighted by molar-refractivity contribution is 0.0559.